The highest BCUT2D eigenvalue weighted by molar-refractivity contribution is 6.31. The van der Waals surface area contributed by atoms with E-state index in [-0.39, 0.29) is 0 Å². The molecule has 6 heteroatoms. The van der Waals surface area contributed by atoms with Gasteiger partial charge in [0.2, 0.25) is 0 Å². The fourth-order valence-electron chi connectivity index (χ4n) is 1.37. The fraction of sp³-hybridized carbons (Fsp3) is 0. The fourth-order valence-corrected chi connectivity index (χ4v) is 1.37. The van der Waals surface area contributed by atoms with Crippen LogP contribution >= 0.6 is 0 Å². The molecule has 3 rings (SSSR count). The van der Waals surface area contributed by atoms with Crippen molar-refractivity contribution in [1.29, 1.82) is 0 Å². The summed E-state index contributed by atoms with van der Waals surface area (Å²) in [6.07, 6.45) is 8.00. The van der Waals surface area contributed by atoms with E-state index in [4.69, 9.17) is 0 Å². The Bertz CT molecular complexity index is 345. The van der Waals surface area contributed by atoms with Gasteiger partial charge >= 0.3 is 15.1 Å². The molecule has 0 bridgehead atoms. The Hall–Kier alpha value is -1.45. The predicted octanol–water partition coefficient (Wildman–Crippen LogP) is -1.96. The number of aromatic nitrogens is 4. The van der Waals surface area contributed by atoms with Crippen LogP contribution in [-0.4, -0.2) is 24.3 Å². The van der Waals surface area contributed by atoms with Gasteiger partial charge in [-0.15, -0.1) is 9.19 Å². The van der Waals surface area contributed by atoms with Crippen LogP contribution in [0.15, 0.2) is 36.9 Å². The molecular formula is C6H6B2N4+2. The first-order chi connectivity index (χ1) is 5.93. The smallest absolute Gasteiger partial charge is 0.200 e. The van der Waals surface area contributed by atoms with Crippen LogP contribution in [0.5, 0.6) is 0 Å². The van der Waals surface area contributed by atoms with E-state index in [1.54, 1.807) is 0 Å². The van der Waals surface area contributed by atoms with Gasteiger partial charge in [-0.1, -0.05) is 0 Å². The predicted molar refractivity (Wildman–Crippen MR) is 42.4 cm³/mol. The third-order valence-corrected chi connectivity index (χ3v) is 1.96. The lowest BCUT2D eigenvalue weighted by molar-refractivity contribution is -0.742. The van der Waals surface area contributed by atoms with Crippen molar-refractivity contribution >= 4 is 15.1 Å². The van der Waals surface area contributed by atoms with Crippen LogP contribution in [0, 0.1) is 0 Å². The molecule has 0 N–H and O–H groups in total. The summed E-state index contributed by atoms with van der Waals surface area (Å²) in [5.41, 5.74) is 0. The van der Waals surface area contributed by atoms with Crippen molar-refractivity contribution in [3.63, 3.8) is 0 Å². The van der Waals surface area contributed by atoms with Crippen molar-refractivity contribution in [1.82, 2.24) is 9.19 Å². The van der Waals surface area contributed by atoms with Crippen molar-refractivity contribution in [2.75, 3.05) is 0 Å². The molecule has 0 spiro atoms. The Morgan fingerprint density at radius 3 is 2.08 bits per heavy atom. The maximum Gasteiger partial charge on any atom is 1.04 e. The molecule has 0 amide bonds. The topological polar surface area (TPSA) is 17.6 Å². The molecular weight excluding hydrogens is 150 g/mol. The lowest BCUT2D eigenvalue weighted by atomic mass is 10.1. The maximum atomic E-state index is 2.00. The van der Waals surface area contributed by atoms with Crippen LogP contribution in [0.4, 0.5) is 0 Å². The molecule has 0 aromatic carbocycles. The maximum absolute atomic E-state index is 2.00. The van der Waals surface area contributed by atoms with Crippen LogP contribution in [0.3, 0.4) is 0 Å². The van der Waals surface area contributed by atoms with E-state index in [2.05, 4.69) is 0 Å². The standard InChI is InChI=1S/C6H6B2N4/c1-3-9-7-11-5-2-6-12(11)8-10(9)4-1/h1-6H/q+2. The van der Waals surface area contributed by atoms with E-state index >= 15 is 0 Å². The normalized spacial score (nSPS) is 12.7. The summed E-state index contributed by atoms with van der Waals surface area (Å²) in [7, 11) is 4.00. The zero-order chi connectivity index (χ0) is 7.97. The molecule has 3 heterocycles. The number of fused-ring (bicyclic) bond motifs is 2. The van der Waals surface area contributed by atoms with Gasteiger partial charge in [0.15, 0.2) is 12.4 Å². The van der Waals surface area contributed by atoms with Crippen molar-refractivity contribution in [3.05, 3.63) is 36.9 Å². The summed E-state index contributed by atoms with van der Waals surface area (Å²) in [5, 5.41) is 0. The lowest BCUT2D eigenvalue weighted by Crippen LogP contribution is -2.72. The van der Waals surface area contributed by atoms with Crippen molar-refractivity contribution in [2.45, 2.75) is 0 Å². The number of hydrogen-bond donors (Lipinski definition) is 0. The average Bonchev–Trinajstić information content (AvgIpc) is 2.64. The molecule has 54 valence electrons. The summed E-state index contributed by atoms with van der Waals surface area (Å²) in [5.74, 6) is 0. The number of nitrogens with zero attached hydrogens (tertiary/aromatic N) is 4. The second kappa shape index (κ2) is 2.03. The minimum atomic E-state index is 2.00. The molecule has 12 heavy (non-hydrogen) atoms. The number of hydrogen-bond acceptors (Lipinski definition) is 0. The molecule has 0 unspecified atom stereocenters. The highest BCUT2D eigenvalue weighted by atomic mass is 15.5. The monoisotopic (exact) mass is 156 g/mol. The molecule has 0 fully saturated rings. The van der Waals surface area contributed by atoms with Gasteiger partial charge in [0.05, 0.1) is 12.4 Å². The largest absolute Gasteiger partial charge is 1.04 e. The van der Waals surface area contributed by atoms with Crippen molar-refractivity contribution in [2.24, 2.45) is 0 Å². The molecule has 2 radical (unpaired) electrons. The summed E-state index contributed by atoms with van der Waals surface area (Å²) >= 11 is 0. The minimum Gasteiger partial charge on any atom is -0.200 e. The Morgan fingerprint density at radius 2 is 1.50 bits per heavy atom. The third-order valence-electron chi connectivity index (χ3n) is 1.96. The molecule has 0 aliphatic carbocycles. The Balaban J connectivity index is 2.15. The van der Waals surface area contributed by atoms with Gasteiger partial charge in [-0.05, 0) is 0 Å². The second-order valence-electron chi connectivity index (χ2n) is 2.73. The average molecular weight is 156 g/mol. The highest BCUT2D eigenvalue weighted by Gasteiger charge is 2.38. The third kappa shape index (κ3) is 0.691. The Kier molecular flexibility index (Phi) is 1.03. The molecule has 1 aliphatic rings. The molecule has 0 saturated heterocycles. The molecule has 2 aromatic rings. The lowest BCUT2D eigenvalue weighted by Gasteiger charge is -2.02. The zero-order valence-electron chi connectivity index (χ0n) is 6.41. The first-order valence-electron chi connectivity index (χ1n) is 3.80. The van der Waals surface area contributed by atoms with Gasteiger partial charge in [0.1, 0.15) is 0 Å². The first-order valence-corrected chi connectivity index (χ1v) is 3.80. The highest BCUT2D eigenvalue weighted by Crippen LogP contribution is 1.84. The van der Waals surface area contributed by atoms with E-state index in [9.17, 15) is 0 Å². The molecule has 1 aliphatic heterocycles. The molecule has 0 saturated carbocycles. The van der Waals surface area contributed by atoms with E-state index in [0.717, 1.165) is 0 Å². The van der Waals surface area contributed by atoms with E-state index < -0.39 is 0 Å². The molecule has 0 atom stereocenters. The Morgan fingerprint density at radius 1 is 0.917 bits per heavy atom. The minimum absolute atomic E-state index is 2.00. The summed E-state index contributed by atoms with van der Waals surface area (Å²) in [6, 6.07) is 4.00. The van der Waals surface area contributed by atoms with Gasteiger partial charge in [-0.3, -0.25) is 0 Å². The van der Waals surface area contributed by atoms with Gasteiger partial charge in [0.25, 0.3) is 0 Å². The zero-order valence-corrected chi connectivity index (χ0v) is 6.41. The van der Waals surface area contributed by atoms with Gasteiger partial charge in [-0.25, -0.2) is 9.19 Å². The van der Waals surface area contributed by atoms with Gasteiger partial charge < -0.3 is 0 Å². The summed E-state index contributed by atoms with van der Waals surface area (Å²) < 4.78 is 8.00. The van der Waals surface area contributed by atoms with Crippen molar-refractivity contribution < 1.29 is 9.19 Å². The molecule has 4 nitrogen and oxygen atoms in total. The van der Waals surface area contributed by atoms with E-state index in [0.29, 0.717) is 0 Å². The Labute approximate surface area is 71.2 Å². The van der Waals surface area contributed by atoms with Crippen LogP contribution in [0.25, 0.3) is 0 Å². The quantitative estimate of drug-likeness (QED) is 0.336. The van der Waals surface area contributed by atoms with Crippen LogP contribution < -0.4 is 9.19 Å². The van der Waals surface area contributed by atoms with Crippen LogP contribution in [0.1, 0.15) is 0 Å². The SMILES string of the molecule is [B]1n2ccc[n+]2[B][n+]2cccn21. The second-order valence-corrected chi connectivity index (χ2v) is 2.73. The van der Waals surface area contributed by atoms with Crippen LogP contribution in [-0.2, 0) is 0 Å². The summed E-state index contributed by atoms with van der Waals surface area (Å²) in [6.45, 7) is 0. The van der Waals surface area contributed by atoms with Gasteiger partial charge in [-0.2, -0.15) is 0 Å². The molecule has 2 aromatic heterocycles. The van der Waals surface area contributed by atoms with E-state index in [1.165, 1.54) is 0 Å². The van der Waals surface area contributed by atoms with Gasteiger partial charge in [0, 0.05) is 12.1 Å². The first kappa shape index (κ1) is 6.11. The van der Waals surface area contributed by atoms with Crippen molar-refractivity contribution in [3.8, 4) is 0 Å². The van der Waals surface area contributed by atoms with Crippen LogP contribution in [0.2, 0.25) is 0 Å². The summed E-state index contributed by atoms with van der Waals surface area (Å²) in [4.78, 5) is 0. The van der Waals surface area contributed by atoms with E-state index in [1.807, 2.05) is 70.4 Å². The number of rotatable bonds is 0.